The quantitative estimate of drug-likeness (QED) is 0.0607. The van der Waals surface area contributed by atoms with Gasteiger partial charge in [0.2, 0.25) is 5.91 Å². The maximum Gasteiger partial charge on any atom is 0.308 e. The molecule has 0 aliphatic carbocycles. The van der Waals surface area contributed by atoms with Crippen molar-refractivity contribution in [3.8, 4) is 0 Å². The van der Waals surface area contributed by atoms with Crippen LogP contribution in [-0.4, -0.2) is 70.8 Å². The summed E-state index contributed by atoms with van der Waals surface area (Å²) in [7, 11) is 0. The Balaban J connectivity index is 5.93. The van der Waals surface area contributed by atoms with Gasteiger partial charge >= 0.3 is 17.9 Å². The number of azide groups is 1. The predicted octanol–water partition coefficient (Wildman–Crippen LogP) is 3.62. The lowest BCUT2D eigenvalue weighted by Crippen LogP contribution is -2.47. The van der Waals surface area contributed by atoms with Gasteiger partial charge in [-0.3, -0.25) is 28.8 Å². The van der Waals surface area contributed by atoms with Gasteiger partial charge in [-0.25, -0.2) is 0 Å². The first-order valence-electron chi connectivity index (χ1n) is 14.3. The van der Waals surface area contributed by atoms with Crippen LogP contribution in [0.15, 0.2) is 5.11 Å². The predicted molar refractivity (Wildman–Crippen MR) is 157 cm³/mol. The monoisotopic (exact) mass is 611 g/mol. The summed E-state index contributed by atoms with van der Waals surface area (Å²) in [6.07, 6.45) is -1.27. The minimum absolute atomic E-state index is 0.0366. The highest BCUT2D eigenvalue weighted by atomic mass is 16.6. The SMILES string of the molecule is CC(C)(C)OC(=O)CC(N)C(=O)CC(CC(=O)OC(C)(C)C)C(=O)NC(CC(=O)OC(C)(C)C)C(=O)CCCCN=[N+]=[N-]. The van der Waals surface area contributed by atoms with E-state index in [1.54, 1.807) is 62.3 Å². The second-order valence-corrected chi connectivity index (χ2v) is 13.3. The molecule has 0 aliphatic heterocycles. The van der Waals surface area contributed by atoms with E-state index in [0.29, 0.717) is 12.8 Å². The number of nitrogens with two attached hydrogens (primary N) is 1. The van der Waals surface area contributed by atoms with E-state index in [9.17, 15) is 28.8 Å². The third kappa shape index (κ3) is 20.1. The molecule has 0 radical (unpaired) electrons. The molecular formula is C29H49N5O9. The molecule has 3 atom stereocenters. The number of ketones is 2. The van der Waals surface area contributed by atoms with Crippen LogP contribution in [0.5, 0.6) is 0 Å². The van der Waals surface area contributed by atoms with Gasteiger partial charge < -0.3 is 25.3 Å². The molecule has 0 aliphatic rings. The number of amides is 1. The van der Waals surface area contributed by atoms with Crippen LogP contribution >= 0.6 is 0 Å². The van der Waals surface area contributed by atoms with Crippen LogP contribution in [0.25, 0.3) is 10.4 Å². The largest absolute Gasteiger partial charge is 0.460 e. The fourth-order valence-electron chi connectivity index (χ4n) is 3.70. The molecule has 0 saturated heterocycles. The molecule has 0 saturated carbocycles. The number of esters is 3. The molecule has 0 bridgehead atoms. The Labute approximate surface area is 253 Å². The number of ether oxygens (including phenoxy) is 3. The Kier molecular flexibility index (Phi) is 16.1. The fraction of sp³-hybridized carbons (Fsp3) is 0.793. The van der Waals surface area contributed by atoms with Crippen LogP contribution < -0.4 is 11.1 Å². The number of Topliss-reactive ketones (excluding diaryl/α,β-unsaturated/α-hetero) is 2. The van der Waals surface area contributed by atoms with Gasteiger partial charge in [0.15, 0.2) is 11.6 Å². The van der Waals surface area contributed by atoms with Gasteiger partial charge in [0.1, 0.15) is 16.8 Å². The molecule has 0 aromatic carbocycles. The van der Waals surface area contributed by atoms with Crippen molar-refractivity contribution >= 4 is 35.4 Å². The highest BCUT2D eigenvalue weighted by Crippen LogP contribution is 2.19. The maximum atomic E-state index is 13.4. The molecule has 43 heavy (non-hydrogen) atoms. The molecule has 0 aromatic rings. The summed E-state index contributed by atoms with van der Waals surface area (Å²) in [4.78, 5) is 79.5. The summed E-state index contributed by atoms with van der Waals surface area (Å²) < 4.78 is 15.8. The van der Waals surface area contributed by atoms with Crippen LogP contribution in [0.3, 0.4) is 0 Å². The van der Waals surface area contributed by atoms with E-state index >= 15 is 0 Å². The summed E-state index contributed by atoms with van der Waals surface area (Å²) in [5.74, 6) is -5.53. The molecule has 3 N–H and O–H groups in total. The Hall–Kier alpha value is -3.51. The Morgan fingerprint density at radius 1 is 0.721 bits per heavy atom. The molecule has 0 heterocycles. The van der Waals surface area contributed by atoms with Crippen molar-refractivity contribution in [1.29, 1.82) is 0 Å². The number of carbonyl (C=O) groups is 6. The number of rotatable bonds is 17. The molecule has 14 nitrogen and oxygen atoms in total. The molecule has 0 fully saturated rings. The molecular weight excluding hydrogens is 562 g/mol. The molecule has 14 heteroatoms. The summed E-state index contributed by atoms with van der Waals surface area (Å²) in [6, 6.07) is -2.62. The zero-order valence-corrected chi connectivity index (χ0v) is 27.0. The standard InChI is InChI=1S/C29H49N5O9/c1-27(2,3)41-23(37)15-18(14-22(36)19(30)16-24(38)42-28(4,5)6)26(40)33-20(17-25(39)43-29(7,8)9)21(35)12-10-11-13-32-34-31/h18-20H,10-17,30H2,1-9H3,(H,33,40). The number of hydrogen-bond acceptors (Lipinski definition) is 11. The van der Waals surface area contributed by atoms with E-state index in [-0.39, 0.29) is 13.0 Å². The van der Waals surface area contributed by atoms with Gasteiger partial charge in [-0.05, 0) is 80.7 Å². The van der Waals surface area contributed by atoms with Crippen LogP contribution in [-0.2, 0) is 43.0 Å². The molecule has 0 rings (SSSR count). The second kappa shape index (κ2) is 17.6. The first kappa shape index (κ1) is 39.5. The average Bonchev–Trinajstić information content (AvgIpc) is 2.79. The molecule has 1 amide bonds. The van der Waals surface area contributed by atoms with Crippen molar-refractivity contribution in [1.82, 2.24) is 5.32 Å². The van der Waals surface area contributed by atoms with Gasteiger partial charge in [-0.15, -0.1) is 0 Å². The third-order valence-corrected chi connectivity index (χ3v) is 5.36. The summed E-state index contributed by atoms with van der Waals surface area (Å²) in [5.41, 5.74) is 11.8. The van der Waals surface area contributed by atoms with Gasteiger partial charge in [0.25, 0.3) is 0 Å². The Morgan fingerprint density at radius 2 is 1.19 bits per heavy atom. The normalized spacial score (nSPS) is 13.9. The van der Waals surface area contributed by atoms with Crippen LogP contribution in [0.1, 0.15) is 107 Å². The van der Waals surface area contributed by atoms with Crippen LogP contribution in [0.4, 0.5) is 0 Å². The molecule has 3 unspecified atom stereocenters. The topological polar surface area (TPSA) is 217 Å². The zero-order valence-electron chi connectivity index (χ0n) is 27.0. The van der Waals surface area contributed by atoms with E-state index in [1.807, 2.05) is 0 Å². The van der Waals surface area contributed by atoms with Crippen molar-refractivity contribution in [2.45, 2.75) is 136 Å². The zero-order chi connectivity index (χ0) is 33.6. The van der Waals surface area contributed by atoms with E-state index in [4.69, 9.17) is 25.5 Å². The first-order valence-corrected chi connectivity index (χ1v) is 14.3. The lowest BCUT2D eigenvalue weighted by Gasteiger charge is -2.25. The fourth-order valence-corrected chi connectivity index (χ4v) is 3.70. The summed E-state index contributed by atoms with van der Waals surface area (Å²) in [5, 5.41) is 5.92. The van der Waals surface area contributed by atoms with Gasteiger partial charge in [-0.1, -0.05) is 5.11 Å². The number of unbranched alkanes of at least 4 members (excludes halogenated alkanes) is 1. The summed E-state index contributed by atoms with van der Waals surface area (Å²) >= 11 is 0. The minimum atomic E-state index is -1.31. The molecule has 0 aromatic heterocycles. The molecule has 0 spiro atoms. The maximum absolute atomic E-state index is 13.4. The van der Waals surface area contributed by atoms with Gasteiger partial charge in [0, 0.05) is 24.3 Å². The molecule has 244 valence electrons. The smallest absolute Gasteiger partial charge is 0.308 e. The number of hydrogen-bond donors (Lipinski definition) is 2. The third-order valence-electron chi connectivity index (χ3n) is 5.36. The van der Waals surface area contributed by atoms with Crippen LogP contribution in [0, 0.1) is 5.92 Å². The van der Waals surface area contributed by atoms with Crippen LogP contribution in [0.2, 0.25) is 0 Å². The van der Waals surface area contributed by atoms with Crippen molar-refractivity contribution in [3.05, 3.63) is 10.4 Å². The lowest BCUT2D eigenvalue weighted by molar-refractivity contribution is -0.159. The van der Waals surface area contributed by atoms with E-state index < -0.39 is 95.9 Å². The highest BCUT2D eigenvalue weighted by Gasteiger charge is 2.34. The number of nitrogens with zero attached hydrogens (tertiary/aromatic N) is 3. The van der Waals surface area contributed by atoms with Gasteiger partial charge in [-0.2, -0.15) is 0 Å². The van der Waals surface area contributed by atoms with Crippen molar-refractivity contribution in [2.75, 3.05) is 6.54 Å². The van der Waals surface area contributed by atoms with Crippen molar-refractivity contribution < 1.29 is 43.0 Å². The first-order chi connectivity index (χ1) is 19.5. The highest BCUT2D eigenvalue weighted by molar-refractivity contribution is 5.96. The lowest BCUT2D eigenvalue weighted by atomic mass is 9.92. The second-order valence-electron chi connectivity index (χ2n) is 13.3. The summed E-state index contributed by atoms with van der Waals surface area (Å²) in [6.45, 7) is 15.0. The average molecular weight is 612 g/mol. The Morgan fingerprint density at radius 3 is 1.65 bits per heavy atom. The van der Waals surface area contributed by atoms with E-state index in [1.165, 1.54) is 0 Å². The Bertz CT molecular complexity index is 1050. The number of nitrogens with one attached hydrogen (secondary N) is 1. The van der Waals surface area contributed by atoms with Crippen molar-refractivity contribution in [3.63, 3.8) is 0 Å². The number of carbonyl (C=O) groups excluding carboxylic acids is 6. The van der Waals surface area contributed by atoms with Crippen molar-refractivity contribution in [2.24, 2.45) is 16.8 Å². The van der Waals surface area contributed by atoms with E-state index in [0.717, 1.165) is 0 Å². The van der Waals surface area contributed by atoms with E-state index in [2.05, 4.69) is 15.3 Å². The van der Waals surface area contributed by atoms with Gasteiger partial charge in [0.05, 0.1) is 37.3 Å². The minimum Gasteiger partial charge on any atom is -0.460 e.